The van der Waals surface area contributed by atoms with E-state index in [0.29, 0.717) is 12.1 Å². The Bertz CT molecular complexity index is 820. The summed E-state index contributed by atoms with van der Waals surface area (Å²) < 4.78 is 83.2. The van der Waals surface area contributed by atoms with E-state index < -0.39 is 29.5 Å². The number of carbonyl (C=O) groups excluding carboxylic acids is 1. The third kappa shape index (κ3) is 5.05. The van der Waals surface area contributed by atoms with E-state index in [2.05, 4.69) is 0 Å². The largest absolute Gasteiger partial charge is 0.465 e. The monoisotopic (exact) mass is 435 g/mol. The lowest BCUT2D eigenvalue weighted by atomic mass is 9.92. The summed E-state index contributed by atoms with van der Waals surface area (Å²) in [5, 5.41) is 9.50. The lowest BCUT2D eigenvalue weighted by Gasteiger charge is -2.33. The van der Waals surface area contributed by atoms with Gasteiger partial charge < -0.3 is 14.7 Å². The Hall–Kier alpha value is -2.75. The Morgan fingerprint density at radius 2 is 1.47 bits per heavy atom. The minimum Gasteiger partial charge on any atom is -0.465 e. The van der Waals surface area contributed by atoms with E-state index in [1.807, 2.05) is 0 Å². The molecule has 0 saturated heterocycles. The molecule has 0 aliphatic carbocycles. The number of benzene rings is 2. The normalized spacial score (nSPS) is 12.5. The van der Waals surface area contributed by atoms with Crippen molar-refractivity contribution in [2.24, 2.45) is 0 Å². The zero-order valence-corrected chi connectivity index (χ0v) is 15.8. The van der Waals surface area contributed by atoms with Crippen LogP contribution in [0.2, 0.25) is 0 Å². The van der Waals surface area contributed by atoms with E-state index in [1.54, 1.807) is 37.3 Å². The molecule has 4 nitrogen and oxygen atoms in total. The predicted molar refractivity (Wildman–Crippen MR) is 96.6 cm³/mol. The molecule has 0 saturated carbocycles. The highest BCUT2D eigenvalue weighted by atomic mass is 19.4. The number of hydrogen-bond acceptors (Lipinski definition) is 4. The van der Waals surface area contributed by atoms with Gasteiger partial charge in [0.25, 0.3) is 5.60 Å². The second-order valence-corrected chi connectivity index (χ2v) is 6.40. The van der Waals surface area contributed by atoms with Crippen LogP contribution in [0, 0.1) is 0 Å². The van der Waals surface area contributed by atoms with Crippen LogP contribution in [0.15, 0.2) is 54.6 Å². The lowest BCUT2D eigenvalue weighted by Crippen LogP contribution is -2.53. The topological polar surface area (TPSA) is 49.8 Å². The van der Waals surface area contributed by atoms with E-state index in [0.717, 1.165) is 17.7 Å². The molecule has 0 atom stereocenters. The van der Waals surface area contributed by atoms with E-state index >= 15 is 0 Å². The third-order valence-electron chi connectivity index (χ3n) is 4.31. The fraction of sp³-hybridized carbons (Fsp3) is 0.350. The molecule has 0 unspecified atom stereocenters. The van der Waals surface area contributed by atoms with Gasteiger partial charge in [0.15, 0.2) is 0 Å². The molecule has 0 aliphatic heterocycles. The van der Waals surface area contributed by atoms with Crippen LogP contribution in [0.4, 0.5) is 32.0 Å². The molecule has 2 rings (SSSR count). The van der Waals surface area contributed by atoms with Crippen LogP contribution in [0.1, 0.15) is 18.1 Å². The molecule has 2 aromatic carbocycles. The average Bonchev–Trinajstić information content (AvgIpc) is 2.66. The smallest absolute Gasteiger partial charge is 0.430 e. The minimum atomic E-state index is -5.97. The highest BCUT2D eigenvalue weighted by Gasteiger charge is 2.71. The third-order valence-corrected chi connectivity index (χ3v) is 4.31. The summed E-state index contributed by atoms with van der Waals surface area (Å²) >= 11 is 0. The second-order valence-electron chi connectivity index (χ2n) is 6.40. The first kappa shape index (κ1) is 23.5. The van der Waals surface area contributed by atoms with Crippen LogP contribution >= 0.6 is 0 Å². The predicted octanol–water partition coefficient (Wildman–Crippen LogP) is 4.57. The summed E-state index contributed by atoms with van der Waals surface area (Å²) in [7, 11) is 0. The lowest BCUT2D eigenvalue weighted by molar-refractivity contribution is -0.376. The zero-order valence-electron chi connectivity index (χ0n) is 15.8. The van der Waals surface area contributed by atoms with Gasteiger partial charge in [-0.05, 0) is 24.6 Å². The highest BCUT2D eigenvalue weighted by molar-refractivity contribution is 5.76. The summed E-state index contributed by atoms with van der Waals surface area (Å²) in [4.78, 5) is 13.3. The fourth-order valence-corrected chi connectivity index (χ4v) is 2.81. The molecule has 10 heteroatoms. The average molecular weight is 435 g/mol. The van der Waals surface area contributed by atoms with E-state index in [4.69, 9.17) is 4.74 Å². The van der Waals surface area contributed by atoms with Crippen LogP contribution in [0.25, 0.3) is 0 Å². The molecule has 1 N–H and O–H groups in total. The van der Waals surface area contributed by atoms with Crippen molar-refractivity contribution in [2.75, 3.05) is 18.1 Å². The summed E-state index contributed by atoms with van der Waals surface area (Å²) in [5.41, 5.74) is -5.44. The first-order chi connectivity index (χ1) is 13.9. The summed E-state index contributed by atoms with van der Waals surface area (Å²) in [6, 6.07) is 11.8. The maximum absolute atomic E-state index is 13.0. The molecule has 0 spiro atoms. The van der Waals surface area contributed by atoms with Crippen molar-refractivity contribution >= 4 is 11.7 Å². The first-order valence-corrected chi connectivity index (χ1v) is 8.81. The maximum atomic E-state index is 13.0. The Balaban J connectivity index is 2.39. The maximum Gasteiger partial charge on any atom is 0.430 e. The van der Waals surface area contributed by atoms with Crippen LogP contribution in [0.5, 0.6) is 0 Å². The van der Waals surface area contributed by atoms with Crippen LogP contribution in [0.3, 0.4) is 0 Å². The molecule has 0 amide bonds. The van der Waals surface area contributed by atoms with Gasteiger partial charge in [-0.15, -0.1) is 0 Å². The first-order valence-electron chi connectivity index (χ1n) is 8.81. The van der Waals surface area contributed by atoms with Crippen molar-refractivity contribution in [3.63, 3.8) is 0 Å². The number of anilines is 1. The van der Waals surface area contributed by atoms with Crippen molar-refractivity contribution in [1.29, 1.82) is 0 Å². The van der Waals surface area contributed by atoms with Crippen molar-refractivity contribution in [2.45, 2.75) is 31.4 Å². The molecule has 0 heterocycles. The molecule has 0 bridgehead atoms. The van der Waals surface area contributed by atoms with Crippen LogP contribution in [-0.4, -0.2) is 36.6 Å². The van der Waals surface area contributed by atoms with Gasteiger partial charge in [0.2, 0.25) is 0 Å². The van der Waals surface area contributed by atoms with Crippen LogP contribution < -0.4 is 4.90 Å². The van der Waals surface area contributed by atoms with Gasteiger partial charge in [-0.1, -0.05) is 42.5 Å². The number of carbonyl (C=O) groups is 1. The molecule has 30 heavy (non-hydrogen) atoms. The van der Waals surface area contributed by atoms with Gasteiger partial charge in [-0.2, -0.15) is 26.3 Å². The molecule has 164 valence electrons. The van der Waals surface area contributed by atoms with Gasteiger partial charge in [-0.25, -0.2) is 0 Å². The molecular weight excluding hydrogens is 416 g/mol. The zero-order chi connectivity index (χ0) is 22.6. The number of esters is 1. The van der Waals surface area contributed by atoms with Crippen molar-refractivity contribution in [3.05, 3.63) is 65.7 Å². The summed E-state index contributed by atoms with van der Waals surface area (Å²) in [5.74, 6) is -0.611. The van der Waals surface area contributed by atoms with Gasteiger partial charge in [-0.3, -0.25) is 4.79 Å². The second kappa shape index (κ2) is 8.95. The number of alkyl halides is 6. The van der Waals surface area contributed by atoms with E-state index in [9.17, 15) is 36.2 Å². The van der Waals surface area contributed by atoms with Crippen molar-refractivity contribution < 1.29 is 41.0 Å². The number of nitrogens with zero attached hydrogens (tertiary/aromatic N) is 1. The SMILES string of the molecule is CCOC(=O)CN(Cc1ccccc1)c1ccc(C(O)(C(F)(F)F)C(F)(F)F)cc1. The van der Waals surface area contributed by atoms with E-state index in [1.165, 1.54) is 4.90 Å². The Kier molecular flexibility index (Phi) is 7.02. The number of aliphatic hydroxyl groups is 1. The van der Waals surface area contributed by atoms with Crippen molar-refractivity contribution in [1.82, 2.24) is 0 Å². The number of halogens is 6. The van der Waals surface area contributed by atoms with Crippen LogP contribution in [-0.2, 0) is 21.7 Å². The number of rotatable bonds is 7. The Morgan fingerprint density at radius 3 is 1.93 bits per heavy atom. The fourth-order valence-electron chi connectivity index (χ4n) is 2.81. The van der Waals surface area contributed by atoms with Gasteiger partial charge >= 0.3 is 18.3 Å². The molecule has 0 fully saturated rings. The quantitative estimate of drug-likeness (QED) is 0.512. The molecular formula is C20H19F6NO3. The Labute approximate surface area is 168 Å². The van der Waals surface area contributed by atoms with E-state index in [-0.39, 0.29) is 25.4 Å². The summed E-state index contributed by atoms with van der Waals surface area (Å²) in [6.07, 6.45) is -11.9. The van der Waals surface area contributed by atoms with Crippen molar-refractivity contribution in [3.8, 4) is 0 Å². The molecule has 0 aromatic heterocycles. The summed E-state index contributed by atoms with van der Waals surface area (Å²) in [6.45, 7) is 1.59. The molecule has 2 aromatic rings. The van der Waals surface area contributed by atoms with Gasteiger partial charge in [0, 0.05) is 17.8 Å². The Morgan fingerprint density at radius 1 is 0.933 bits per heavy atom. The number of hydrogen-bond donors (Lipinski definition) is 1. The van der Waals surface area contributed by atoms with Gasteiger partial charge in [0.1, 0.15) is 6.54 Å². The van der Waals surface area contributed by atoms with Gasteiger partial charge in [0.05, 0.1) is 6.61 Å². The minimum absolute atomic E-state index is 0.112. The standard InChI is InChI=1S/C20H19F6NO3/c1-2-30-17(28)13-27(12-14-6-4-3-5-7-14)16-10-8-15(9-11-16)18(29,19(21,22)23)20(24,25)26/h3-11,29H,2,12-13H2,1H3. The molecule has 0 aliphatic rings. The number of ether oxygens (including phenoxy) is 1. The highest BCUT2D eigenvalue weighted by Crippen LogP contribution is 2.50. The molecule has 0 radical (unpaired) electrons.